The number of benzene rings is 1. The van der Waals surface area contributed by atoms with Crippen LogP contribution in [0.3, 0.4) is 0 Å². The van der Waals surface area contributed by atoms with E-state index in [2.05, 4.69) is 5.32 Å². The van der Waals surface area contributed by atoms with E-state index in [1.54, 1.807) is 83.8 Å². The Morgan fingerprint density at radius 2 is 1.26 bits per heavy atom. The van der Waals surface area contributed by atoms with Gasteiger partial charge in [0.2, 0.25) is 5.78 Å². The molecule has 1 aromatic carbocycles. The van der Waals surface area contributed by atoms with Crippen LogP contribution in [0.2, 0.25) is 0 Å². The molecule has 12 nitrogen and oxygen atoms in total. The van der Waals surface area contributed by atoms with E-state index in [-0.39, 0.29) is 42.0 Å². The summed E-state index contributed by atoms with van der Waals surface area (Å²) in [7, 11) is 5.40. The summed E-state index contributed by atoms with van der Waals surface area (Å²) in [6.07, 6.45) is 35.2. The summed E-state index contributed by atoms with van der Waals surface area (Å²) in [5.74, 6) is -7.40. The molecule has 3 saturated carbocycles. The molecule has 6 aliphatic rings. The fraction of sp³-hybridized carbons (Fsp3) is 0.736. The smallest absolute Gasteiger partial charge is 0.255 e. The number of ketones is 2. The molecule has 13 heteroatoms. The predicted molar refractivity (Wildman–Crippen MR) is 267 cm³/mol. The first-order valence-corrected chi connectivity index (χ1v) is 28.6. The molecule has 3 fully saturated rings. The number of aliphatic hydroxyl groups excluding tert-OH is 2. The number of fused-ring (bicyclic) bond motifs is 3. The SMILES string of the molecule is CN(C)c1cc(NC(=O)CCCCCCCCCCC[PH](C2CCCCC2)(C2CCCCC2)C2CCCCC2)c(O)c2c1C[C@H]1C[C@H]3[C@H](N(C)C)C(O)=C(C(N)=O)C(=O)[C@@]3(O)C(O)=C1C2=O. The van der Waals surface area contributed by atoms with Crippen molar-refractivity contribution >= 4 is 42.0 Å². The number of amides is 2. The summed E-state index contributed by atoms with van der Waals surface area (Å²) in [5, 5.41) is 49.2. The van der Waals surface area contributed by atoms with E-state index in [1.807, 2.05) is 0 Å². The van der Waals surface area contributed by atoms with E-state index in [4.69, 9.17) is 5.73 Å². The van der Waals surface area contributed by atoms with Gasteiger partial charge in [0.15, 0.2) is 17.1 Å². The number of nitrogens with two attached hydrogens (primary N) is 1. The van der Waals surface area contributed by atoms with Crippen molar-refractivity contribution in [3.63, 3.8) is 0 Å². The molecule has 0 spiro atoms. The fourth-order valence-corrected chi connectivity index (χ4v) is 23.0. The number of unbranched alkanes of at least 4 members (excludes halogenated alkanes) is 8. The molecule has 0 aliphatic heterocycles. The maximum atomic E-state index is 14.4. The van der Waals surface area contributed by atoms with Gasteiger partial charge < -0.3 is 36.4 Å². The van der Waals surface area contributed by atoms with Gasteiger partial charge in [-0.1, -0.05) is 0 Å². The Kier molecular flexibility index (Phi) is 16.7. The van der Waals surface area contributed by atoms with E-state index in [1.165, 1.54) is 94.8 Å². The van der Waals surface area contributed by atoms with Crippen LogP contribution in [0.5, 0.6) is 5.75 Å². The second-order valence-corrected chi connectivity index (χ2v) is 27.0. The third-order valence-electron chi connectivity index (χ3n) is 17.6. The number of primary amides is 1. The van der Waals surface area contributed by atoms with E-state index in [9.17, 15) is 39.6 Å². The van der Waals surface area contributed by atoms with Crippen LogP contribution >= 0.6 is 7.26 Å². The van der Waals surface area contributed by atoms with Crippen LogP contribution in [0.15, 0.2) is 28.7 Å². The first-order chi connectivity index (χ1) is 31.6. The summed E-state index contributed by atoms with van der Waals surface area (Å²) in [4.78, 5) is 57.1. The molecule has 7 rings (SSSR count). The topological polar surface area (TPSA) is 194 Å². The molecule has 2 amide bonds. The maximum absolute atomic E-state index is 14.4. The third kappa shape index (κ3) is 9.86. The first-order valence-electron chi connectivity index (χ1n) is 26.1. The number of phenols is 1. The van der Waals surface area contributed by atoms with Crippen LogP contribution in [-0.2, 0) is 20.8 Å². The maximum Gasteiger partial charge on any atom is 0.255 e. The number of hydrogen-bond donors (Lipinski definition) is 6. The minimum atomic E-state index is -2.72. The summed E-state index contributed by atoms with van der Waals surface area (Å²) in [5.41, 5.74) is 6.00. The second kappa shape index (κ2) is 21.9. The molecule has 66 heavy (non-hydrogen) atoms. The van der Waals surface area contributed by atoms with Crippen molar-refractivity contribution in [3.8, 4) is 5.75 Å². The van der Waals surface area contributed by atoms with Gasteiger partial charge in [0.05, 0.1) is 17.3 Å². The minimum Gasteiger partial charge on any atom is -0.510 e. The molecule has 6 aliphatic carbocycles. The van der Waals surface area contributed by atoms with Crippen LogP contribution in [0.4, 0.5) is 11.4 Å². The minimum absolute atomic E-state index is 0.000756. The van der Waals surface area contributed by atoms with Crippen molar-refractivity contribution in [1.82, 2.24) is 4.90 Å². The molecule has 0 saturated heterocycles. The van der Waals surface area contributed by atoms with E-state index in [0.717, 1.165) is 36.2 Å². The molecule has 0 aromatic heterocycles. The summed E-state index contributed by atoms with van der Waals surface area (Å²) in [6, 6.07) is 0.585. The van der Waals surface area contributed by atoms with Gasteiger partial charge in [0, 0.05) is 31.3 Å². The van der Waals surface area contributed by atoms with Crippen molar-refractivity contribution < 1.29 is 39.6 Å². The first kappa shape index (κ1) is 50.4. The molecular formula is C53H83N4O8P. The van der Waals surface area contributed by atoms with E-state index in [0.29, 0.717) is 17.7 Å². The van der Waals surface area contributed by atoms with Gasteiger partial charge in [-0.15, -0.1) is 0 Å². The van der Waals surface area contributed by atoms with Crippen LogP contribution in [0.1, 0.15) is 183 Å². The molecule has 4 atom stereocenters. The third-order valence-corrected chi connectivity index (χ3v) is 25.1. The molecule has 0 heterocycles. The molecule has 368 valence electrons. The average molecular weight is 935 g/mol. The fourth-order valence-electron chi connectivity index (χ4n) is 14.5. The number of rotatable bonds is 19. The Bertz CT molecular complexity index is 1970. The number of aromatic hydroxyl groups is 1. The number of aliphatic hydroxyl groups is 3. The number of allylic oxidation sites excluding steroid dienone is 1. The van der Waals surface area contributed by atoms with Gasteiger partial charge in [-0.2, -0.15) is 0 Å². The van der Waals surface area contributed by atoms with E-state index < -0.39 is 71.1 Å². The molecular weight excluding hydrogens is 852 g/mol. The van der Waals surface area contributed by atoms with Gasteiger partial charge in [-0.3, -0.25) is 24.1 Å². The number of nitrogens with zero attached hydrogens (tertiary/aromatic N) is 2. The number of likely N-dealkylation sites (N-methyl/N-ethyl adjacent to an activating group) is 1. The second-order valence-electron chi connectivity index (χ2n) is 21.9. The standard InChI is InChI=1S/C53H83N4O8P/c1-56(2)41-33-40(47(59)44-38(41)31-34-32-39-46(57(3)4)49(61)45(52(54)64)51(63)53(39,65)50(62)43(34)48(44)60)55-42(58)29-21-10-8-6-5-7-9-11-22-30-66(35-23-15-12-16-24-35,36-25-17-13-18-26-36)37-27-19-14-20-28-37/h33-37,39,46,59,61-62,65-66H,5-32H2,1-4H3,(H2,54,64)(H,55,58)/t34-,39-,46-,53-/m0/s1. The molecule has 0 unspecified atom stereocenters. The molecule has 7 N–H and O–H groups in total. The normalized spacial score (nSPS) is 26.0. The van der Waals surface area contributed by atoms with Crippen LogP contribution in [0.25, 0.3) is 0 Å². The molecule has 0 radical (unpaired) electrons. The van der Waals surface area contributed by atoms with Crippen molar-refractivity contribution in [2.45, 2.75) is 202 Å². The van der Waals surface area contributed by atoms with Crippen molar-refractivity contribution in [2.24, 2.45) is 17.6 Å². The Morgan fingerprint density at radius 3 is 1.74 bits per heavy atom. The number of Topliss-reactive ketones (excluding diaryl/α,β-unsaturated/α-hetero) is 2. The molecule has 0 bridgehead atoms. The predicted octanol–water partition coefficient (Wildman–Crippen LogP) is 9.77. The Hall–Kier alpha value is -3.47. The largest absolute Gasteiger partial charge is 0.510 e. The van der Waals surface area contributed by atoms with Crippen LogP contribution in [0, 0.1) is 11.8 Å². The zero-order chi connectivity index (χ0) is 47.3. The van der Waals surface area contributed by atoms with E-state index >= 15 is 0 Å². The Morgan fingerprint density at radius 1 is 0.758 bits per heavy atom. The number of nitrogens with one attached hydrogen (secondary N) is 1. The van der Waals surface area contributed by atoms with Crippen LogP contribution < -0.4 is 16.0 Å². The number of anilines is 2. The zero-order valence-corrected chi connectivity index (χ0v) is 41.7. The number of carbonyl (C=O) groups is 4. The zero-order valence-electron chi connectivity index (χ0n) is 40.7. The number of phenolic OH excluding ortho intramolecular Hbond substituents is 1. The number of hydrogen-bond acceptors (Lipinski definition) is 10. The quantitative estimate of drug-likeness (QED) is 0.0337. The summed E-state index contributed by atoms with van der Waals surface area (Å²) in [6.45, 7) is 0. The average Bonchev–Trinajstić information content (AvgIpc) is 3.29. The van der Waals surface area contributed by atoms with Crippen LogP contribution in [-0.4, -0.2) is 112 Å². The van der Waals surface area contributed by atoms with Gasteiger partial charge >= 0.3 is 197 Å². The van der Waals surface area contributed by atoms with Gasteiger partial charge in [0.25, 0.3) is 5.91 Å². The Labute approximate surface area is 394 Å². The van der Waals surface area contributed by atoms with Gasteiger partial charge in [-0.25, -0.2) is 0 Å². The van der Waals surface area contributed by atoms with Gasteiger partial charge in [0.1, 0.15) is 17.1 Å². The van der Waals surface area contributed by atoms with Gasteiger partial charge in [-0.05, 0) is 44.5 Å². The van der Waals surface area contributed by atoms with Crippen molar-refractivity contribution in [3.05, 3.63) is 39.9 Å². The Balaban J connectivity index is 0.913. The van der Waals surface area contributed by atoms with Crippen molar-refractivity contribution in [1.29, 1.82) is 0 Å². The monoisotopic (exact) mass is 935 g/mol. The van der Waals surface area contributed by atoms with Crippen molar-refractivity contribution in [2.75, 3.05) is 44.6 Å². The number of carbonyl (C=O) groups excluding carboxylic acids is 4. The molecule has 1 aromatic rings. The summed E-state index contributed by atoms with van der Waals surface area (Å²) < 4.78 is 0. The summed E-state index contributed by atoms with van der Waals surface area (Å²) >= 11 is 0.